The molecule has 0 spiro atoms. The van der Waals surface area contributed by atoms with E-state index >= 15 is 0 Å². The van der Waals surface area contributed by atoms with Crippen molar-refractivity contribution in [3.63, 3.8) is 0 Å². The molecule has 29 heavy (non-hydrogen) atoms. The zero-order chi connectivity index (χ0) is 21.6. The predicted octanol–water partition coefficient (Wildman–Crippen LogP) is 4.80. The molecule has 2 aromatic rings. The van der Waals surface area contributed by atoms with E-state index in [1.807, 2.05) is 24.3 Å². The highest BCUT2D eigenvalue weighted by Gasteiger charge is 2.26. The summed E-state index contributed by atoms with van der Waals surface area (Å²) in [6.07, 6.45) is 3.07. The van der Waals surface area contributed by atoms with Crippen molar-refractivity contribution in [1.82, 2.24) is 0 Å². The number of ether oxygens (including phenoxy) is 2. The van der Waals surface area contributed by atoms with Crippen LogP contribution >= 0.6 is 11.3 Å². The fraction of sp³-hybridized carbons (Fsp3) is 0.318. The summed E-state index contributed by atoms with van der Waals surface area (Å²) in [5.74, 6) is -1.15. The van der Waals surface area contributed by atoms with E-state index in [-0.39, 0.29) is 22.0 Å². The molecule has 0 aliphatic heterocycles. The Labute approximate surface area is 174 Å². The Kier molecular flexibility index (Phi) is 7.73. The summed E-state index contributed by atoms with van der Waals surface area (Å²) >= 11 is 0.987. The molecule has 1 aromatic carbocycles. The van der Waals surface area contributed by atoms with Gasteiger partial charge in [0.2, 0.25) is 5.91 Å². The van der Waals surface area contributed by atoms with Crippen LogP contribution in [0.4, 0.5) is 5.00 Å². The summed E-state index contributed by atoms with van der Waals surface area (Å²) in [6, 6.07) is 7.92. The number of rotatable bonds is 7. The topological polar surface area (TPSA) is 81.7 Å². The molecule has 1 amide bonds. The standard InChI is InChI=1S/C22H25NO5S/c1-6-28-21(25)18-14(4)19(22(26)27-5)29-20(18)23-17(24)12-9-15-7-10-16(11-8-15)13(2)3/h7-13H,6H2,1-5H3,(H,23,24)/b12-9+. The first-order chi connectivity index (χ1) is 13.8. The number of carbonyl (C=O) groups is 3. The molecule has 7 heteroatoms. The molecule has 6 nitrogen and oxygen atoms in total. The first-order valence-corrected chi connectivity index (χ1v) is 10.1. The molecule has 0 saturated heterocycles. The quantitative estimate of drug-likeness (QED) is 0.519. The number of hydrogen-bond acceptors (Lipinski definition) is 6. The smallest absolute Gasteiger partial charge is 0.348 e. The highest BCUT2D eigenvalue weighted by Crippen LogP contribution is 2.34. The lowest BCUT2D eigenvalue weighted by molar-refractivity contribution is -0.111. The van der Waals surface area contributed by atoms with E-state index in [2.05, 4.69) is 19.2 Å². The van der Waals surface area contributed by atoms with Gasteiger partial charge in [-0.15, -0.1) is 11.3 Å². The van der Waals surface area contributed by atoms with Gasteiger partial charge >= 0.3 is 11.9 Å². The average molecular weight is 416 g/mol. The largest absolute Gasteiger partial charge is 0.465 e. The van der Waals surface area contributed by atoms with E-state index in [4.69, 9.17) is 9.47 Å². The van der Waals surface area contributed by atoms with Crippen LogP contribution in [0.25, 0.3) is 6.08 Å². The Bertz CT molecular complexity index is 925. The zero-order valence-corrected chi connectivity index (χ0v) is 18.0. The number of anilines is 1. The van der Waals surface area contributed by atoms with Gasteiger partial charge in [-0.25, -0.2) is 9.59 Å². The molecule has 0 bridgehead atoms. The molecule has 0 radical (unpaired) electrons. The normalized spacial score (nSPS) is 11.0. The molecule has 0 fully saturated rings. The van der Waals surface area contributed by atoms with Gasteiger partial charge in [-0.2, -0.15) is 0 Å². The van der Waals surface area contributed by atoms with Crippen LogP contribution in [-0.2, 0) is 14.3 Å². The molecule has 0 atom stereocenters. The SMILES string of the molecule is CCOC(=O)c1c(NC(=O)/C=C/c2ccc(C(C)C)cc2)sc(C(=O)OC)c1C. The maximum absolute atomic E-state index is 12.4. The number of methoxy groups -OCH3 is 1. The number of carbonyl (C=O) groups excluding carboxylic acids is 3. The van der Waals surface area contributed by atoms with E-state index in [1.54, 1.807) is 19.9 Å². The van der Waals surface area contributed by atoms with E-state index < -0.39 is 17.8 Å². The summed E-state index contributed by atoms with van der Waals surface area (Å²) < 4.78 is 9.82. The summed E-state index contributed by atoms with van der Waals surface area (Å²) in [5, 5.41) is 2.93. The Balaban J connectivity index is 2.23. The van der Waals surface area contributed by atoms with Crippen LogP contribution in [0.3, 0.4) is 0 Å². The van der Waals surface area contributed by atoms with Gasteiger partial charge < -0.3 is 14.8 Å². The Morgan fingerprint density at radius 1 is 1.14 bits per heavy atom. The fourth-order valence-electron chi connectivity index (χ4n) is 2.66. The van der Waals surface area contributed by atoms with E-state index in [1.165, 1.54) is 18.7 Å². The molecule has 154 valence electrons. The number of nitrogens with one attached hydrogen (secondary N) is 1. The predicted molar refractivity (Wildman–Crippen MR) is 115 cm³/mol. The Morgan fingerprint density at radius 2 is 1.79 bits per heavy atom. The molecular weight excluding hydrogens is 390 g/mol. The van der Waals surface area contributed by atoms with Crippen molar-refractivity contribution in [2.45, 2.75) is 33.6 Å². The molecule has 1 heterocycles. The third kappa shape index (κ3) is 5.54. The van der Waals surface area contributed by atoms with Gasteiger partial charge in [-0.1, -0.05) is 38.1 Å². The second-order valence-electron chi connectivity index (χ2n) is 6.62. The van der Waals surface area contributed by atoms with Gasteiger partial charge in [0, 0.05) is 6.08 Å². The second-order valence-corrected chi connectivity index (χ2v) is 7.64. The average Bonchev–Trinajstić information content (AvgIpc) is 3.02. The molecule has 0 aliphatic carbocycles. The van der Waals surface area contributed by atoms with Crippen LogP contribution in [0.1, 0.15) is 63.4 Å². The van der Waals surface area contributed by atoms with Gasteiger partial charge in [-0.05, 0) is 42.5 Å². The van der Waals surface area contributed by atoms with Crippen molar-refractivity contribution >= 4 is 40.3 Å². The Hall–Kier alpha value is -2.93. The minimum absolute atomic E-state index is 0.167. The van der Waals surface area contributed by atoms with Gasteiger partial charge in [0.05, 0.1) is 19.3 Å². The minimum atomic E-state index is -0.597. The molecule has 0 unspecified atom stereocenters. The monoisotopic (exact) mass is 415 g/mol. The lowest BCUT2D eigenvalue weighted by Crippen LogP contribution is -2.12. The third-order valence-corrected chi connectivity index (χ3v) is 5.45. The van der Waals surface area contributed by atoms with Crippen molar-refractivity contribution in [2.24, 2.45) is 0 Å². The lowest BCUT2D eigenvalue weighted by Gasteiger charge is -2.06. The molecular formula is C22H25NO5S. The van der Waals surface area contributed by atoms with Crippen LogP contribution in [0, 0.1) is 6.92 Å². The first-order valence-electron chi connectivity index (χ1n) is 9.26. The van der Waals surface area contributed by atoms with Crippen molar-refractivity contribution in [2.75, 3.05) is 19.0 Å². The summed E-state index contributed by atoms with van der Waals surface area (Å²) in [7, 11) is 1.26. The van der Waals surface area contributed by atoms with Gasteiger partial charge in [-0.3, -0.25) is 4.79 Å². The van der Waals surface area contributed by atoms with Crippen molar-refractivity contribution in [1.29, 1.82) is 0 Å². The number of hydrogen-bond donors (Lipinski definition) is 1. The molecule has 1 aromatic heterocycles. The summed E-state index contributed by atoms with van der Waals surface area (Å²) in [6.45, 7) is 7.72. The van der Waals surface area contributed by atoms with Crippen molar-refractivity contribution in [3.8, 4) is 0 Å². The highest BCUT2D eigenvalue weighted by atomic mass is 32.1. The summed E-state index contributed by atoms with van der Waals surface area (Å²) in [5.41, 5.74) is 2.69. The fourth-order valence-corrected chi connectivity index (χ4v) is 3.77. The van der Waals surface area contributed by atoms with Crippen LogP contribution in [0.5, 0.6) is 0 Å². The Morgan fingerprint density at radius 3 is 2.34 bits per heavy atom. The first kappa shape index (κ1) is 22.4. The minimum Gasteiger partial charge on any atom is -0.465 e. The van der Waals surface area contributed by atoms with Crippen LogP contribution < -0.4 is 5.32 Å². The van der Waals surface area contributed by atoms with Gasteiger partial charge in [0.15, 0.2) is 0 Å². The molecule has 2 rings (SSSR count). The van der Waals surface area contributed by atoms with Gasteiger partial charge in [0.1, 0.15) is 9.88 Å². The van der Waals surface area contributed by atoms with Crippen LogP contribution in [-0.4, -0.2) is 31.6 Å². The van der Waals surface area contributed by atoms with E-state index in [0.29, 0.717) is 11.5 Å². The lowest BCUT2D eigenvalue weighted by atomic mass is 10.0. The van der Waals surface area contributed by atoms with Crippen molar-refractivity contribution in [3.05, 3.63) is 57.5 Å². The number of esters is 2. The highest BCUT2D eigenvalue weighted by molar-refractivity contribution is 7.18. The number of thiophene rings is 1. The van der Waals surface area contributed by atoms with Crippen molar-refractivity contribution < 1.29 is 23.9 Å². The van der Waals surface area contributed by atoms with E-state index in [0.717, 1.165) is 16.9 Å². The summed E-state index contributed by atoms with van der Waals surface area (Å²) in [4.78, 5) is 36.9. The number of amides is 1. The maximum atomic E-state index is 12.4. The maximum Gasteiger partial charge on any atom is 0.348 e. The second kappa shape index (κ2) is 10.0. The number of benzene rings is 1. The molecule has 1 N–H and O–H groups in total. The van der Waals surface area contributed by atoms with Crippen LogP contribution in [0.2, 0.25) is 0 Å². The van der Waals surface area contributed by atoms with Crippen LogP contribution in [0.15, 0.2) is 30.3 Å². The molecule has 0 saturated carbocycles. The third-order valence-electron chi connectivity index (χ3n) is 4.26. The zero-order valence-electron chi connectivity index (χ0n) is 17.2. The van der Waals surface area contributed by atoms with Gasteiger partial charge in [0.25, 0.3) is 0 Å². The molecule has 0 aliphatic rings. The van der Waals surface area contributed by atoms with E-state index in [9.17, 15) is 14.4 Å².